The van der Waals surface area contributed by atoms with Crippen molar-refractivity contribution in [3.63, 3.8) is 0 Å². The van der Waals surface area contributed by atoms with Crippen LogP contribution in [0.1, 0.15) is 46.0 Å². The highest BCUT2D eigenvalue weighted by Crippen LogP contribution is 2.35. The Kier molecular flexibility index (Phi) is 4.99. The molecule has 1 atom stereocenters. The van der Waals surface area contributed by atoms with E-state index in [0.29, 0.717) is 0 Å². The zero-order valence-corrected chi connectivity index (χ0v) is 11.5. The van der Waals surface area contributed by atoms with E-state index in [9.17, 15) is 9.59 Å². The van der Waals surface area contributed by atoms with Crippen molar-refractivity contribution in [2.24, 2.45) is 5.41 Å². The van der Waals surface area contributed by atoms with E-state index in [2.05, 4.69) is 19.2 Å². The van der Waals surface area contributed by atoms with Crippen LogP contribution in [-0.4, -0.2) is 41.6 Å². The van der Waals surface area contributed by atoms with Crippen LogP contribution in [0.3, 0.4) is 0 Å². The third-order valence-electron chi connectivity index (χ3n) is 3.81. The SMILES string of the molecule is CN(CCC(=O)O)C(=O)NC1CCCCC1(C)C. The Hall–Kier alpha value is -1.26. The Bertz CT molecular complexity index is 315. The Morgan fingerprint density at radius 3 is 2.61 bits per heavy atom. The molecule has 1 unspecified atom stereocenters. The molecule has 1 saturated carbocycles. The van der Waals surface area contributed by atoms with Crippen LogP contribution in [0.15, 0.2) is 0 Å². The van der Waals surface area contributed by atoms with Gasteiger partial charge >= 0.3 is 12.0 Å². The van der Waals surface area contributed by atoms with Gasteiger partial charge < -0.3 is 15.3 Å². The molecule has 0 aromatic carbocycles. The Labute approximate surface area is 109 Å². The summed E-state index contributed by atoms with van der Waals surface area (Å²) in [4.78, 5) is 23.8. The summed E-state index contributed by atoms with van der Waals surface area (Å²) in [6.45, 7) is 4.59. The van der Waals surface area contributed by atoms with Gasteiger partial charge in [0.05, 0.1) is 6.42 Å². The van der Waals surface area contributed by atoms with E-state index < -0.39 is 5.97 Å². The molecule has 1 aliphatic rings. The van der Waals surface area contributed by atoms with Crippen LogP contribution in [0.2, 0.25) is 0 Å². The van der Waals surface area contributed by atoms with Crippen LogP contribution in [0, 0.1) is 5.41 Å². The standard InChI is InChI=1S/C13H24N2O3/c1-13(2)8-5-4-6-10(13)14-12(18)15(3)9-7-11(16)17/h10H,4-9H2,1-3H3,(H,14,18)(H,16,17). The fourth-order valence-corrected chi connectivity index (χ4v) is 2.39. The molecular formula is C13H24N2O3. The third-order valence-corrected chi connectivity index (χ3v) is 3.81. The third kappa shape index (κ3) is 4.20. The van der Waals surface area contributed by atoms with Gasteiger partial charge in [0.1, 0.15) is 0 Å². The Balaban J connectivity index is 2.45. The summed E-state index contributed by atoms with van der Waals surface area (Å²) in [5.74, 6) is -0.882. The van der Waals surface area contributed by atoms with Gasteiger partial charge in [-0.1, -0.05) is 26.7 Å². The first kappa shape index (κ1) is 14.8. The maximum absolute atomic E-state index is 11.9. The lowest BCUT2D eigenvalue weighted by molar-refractivity contribution is -0.137. The van der Waals surface area contributed by atoms with Crippen molar-refractivity contribution in [1.82, 2.24) is 10.2 Å². The molecule has 0 spiro atoms. The predicted octanol–water partition coefficient (Wildman–Crippen LogP) is 2.07. The average Bonchev–Trinajstić information content (AvgIpc) is 2.28. The normalized spacial score (nSPS) is 22.3. The highest BCUT2D eigenvalue weighted by Gasteiger charge is 2.33. The molecule has 2 N–H and O–H groups in total. The zero-order chi connectivity index (χ0) is 13.8. The van der Waals surface area contributed by atoms with E-state index in [1.807, 2.05) is 0 Å². The minimum Gasteiger partial charge on any atom is -0.481 e. The quantitative estimate of drug-likeness (QED) is 0.809. The number of carboxylic acid groups (broad SMARTS) is 1. The van der Waals surface area contributed by atoms with E-state index in [1.165, 1.54) is 11.3 Å². The highest BCUT2D eigenvalue weighted by atomic mass is 16.4. The van der Waals surface area contributed by atoms with E-state index in [1.54, 1.807) is 7.05 Å². The number of amides is 2. The number of carbonyl (C=O) groups excluding carboxylic acids is 1. The van der Waals surface area contributed by atoms with Crippen molar-refractivity contribution in [2.75, 3.05) is 13.6 Å². The zero-order valence-electron chi connectivity index (χ0n) is 11.5. The molecule has 0 aliphatic heterocycles. The second-order valence-corrected chi connectivity index (χ2v) is 5.80. The van der Waals surface area contributed by atoms with Crippen LogP contribution in [0.25, 0.3) is 0 Å². The first-order valence-electron chi connectivity index (χ1n) is 6.56. The summed E-state index contributed by atoms with van der Waals surface area (Å²) in [5.41, 5.74) is 0.127. The molecule has 0 aromatic heterocycles. The van der Waals surface area contributed by atoms with Crippen LogP contribution in [-0.2, 0) is 4.79 Å². The van der Waals surface area contributed by atoms with Crippen molar-refractivity contribution < 1.29 is 14.7 Å². The molecule has 0 radical (unpaired) electrons. The van der Waals surface area contributed by atoms with Gasteiger partial charge in [0, 0.05) is 19.6 Å². The van der Waals surface area contributed by atoms with Gasteiger partial charge in [0.2, 0.25) is 0 Å². The molecule has 5 nitrogen and oxygen atoms in total. The lowest BCUT2D eigenvalue weighted by Crippen LogP contribution is -2.50. The number of hydrogen-bond donors (Lipinski definition) is 2. The topological polar surface area (TPSA) is 69.6 Å². The average molecular weight is 256 g/mol. The molecule has 104 valence electrons. The summed E-state index contributed by atoms with van der Waals surface area (Å²) >= 11 is 0. The number of carbonyl (C=O) groups is 2. The molecule has 0 saturated heterocycles. The molecule has 0 aromatic rings. The first-order valence-corrected chi connectivity index (χ1v) is 6.56. The number of urea groups is 1. The Morgan fingerprint density at radius 2 is 2.06 bits per heavy atom. The molecule has 0 heterocycles. The molecule has 1 rings (SSSR count). The maximum atomic E-state index is 11.9. The number of nitrogens with zero attached hydrogens (tertiary/aromatic N) is 1. The Morgan fingerprint density at radius 1 is 1.39 bits per heavy atom. The number of carboxylic acids is 1. The lowest BCUT2D eigenvalue weighted by atomic mass is 9.73. The number of nitrogens with one attached hydrogen (secondary N) is 1. The minimum atomic E-state index is -0.882. The van der Waals surface area contributed by atoms with Gasteiger partial charge in [-0.2, -0.15) is 0 Å². The highest BCUT2D eigenvalue weighted by molar-refractivity contribution is 5.75. The van der Waals surface area contributed by atoms with Gasteiger partial charge in [-0.15, -0.1) is 0 Å². The van der Waals surface area contributed by atoms with Gasteiger partial charge in [-0.3, -0.25) is 4.79 Å². The van der Waals surface area contributed by atoms with Gasteiger partial charge in [0.15, 0.2) is 0 Å². The van der Waals surface area contributed by atoms with E-state index in [-0.39, 0.29) is 30.5 Å². The fourth-order valence-electron chi connectivity index (χ4n) is 2.39. The number of aliphatic carboxylic acids is 1. The van der Waals surface area contributed by atoms with Crippen molar-refractivity contribution >= 4 is 12.0 Å². The maximum Gasteiger partial charge on any atom is 0.317 e. The van der Waals surface area contributed by atoms with Crippen LogP contribution < -0.4 is 5.32 Å². The largest absolute Gasteiger partial charge is 0.481 e. The van der Waals surface area contributed by atoms with Gasteiger partial charge in [-0.25, -0.2) is 4.79 Å². The smallest absolute Gasteiger partial charge is 0.317 e. The summed E-state index contributed by atoms with van der Waals surface area (Å²) < 4.78 is 0. The monoisotopic (exact) mass is 256 g/mol. The second-order valence-electron chi connectivity index (χ2n) is 5.80. The molecule has 0 bridgehead atoms. The van der Waals surface area contributed by atoms with Gasteiger partial charge in [0.25, 0.3) is 0 Å². The van der Waals surface area contributed by atoms with E-state index >= 15 is 0 Å². The summed E-state index contributed by atoms with van der Waals surface area (Å²) in [5, 5.41) is 11.6. The molecular weight excluding hydrogens is 232 g/mol. The van der Waals surface area contributed by atoms with E-state index in [0.717, 1.165) is 19.3 Å². The number of hydrogen-bond acceptors (Lipinski definition) is 2. The molecule has 1 fully saturated rings. The molecule has 1 aliphatic carbocycles. The van der Waals surface area contributed by atoms with E-state index in [4.69, 9.17) is 5.11 Å². The molecule has 18 heavy (non-hydrogen) atoms. The van der Waals surface area contributed by atoms with Crippen LogP contribution >= 0.6 is 0 Å². The lowest BCUT2D eigenvalue weighted by Gasteiger charge is -2.39. The van der Waals surface area contributed by atoms with Crippen molar-refractivity contribution in [2.45, 2.75) is 52.0 Å². The van der Waals surface area contributed by atoms with Crippen molar-refractivity contribution in [3.8, 4) is 0 Å². The number of rotatable bonds is 4. The predicted molar refractivity (Wildman–Crippen MR) is 69.5 cm³/mol. The first-order chi connectivity index (χ1) is 8.33. The minimum absolute atomic E-state index is 0.0159. The molecule has 5 heteroatoms. The summed E-state index contributed by atoms with van der Waals surface area (Å²) in [6.07, 6.45) is 4.47. The fraction of sp³-hybridized carbons (Fsp3) is 0.846. The van der Waals surface area contributed by atoms with Gasteiger partial charge in [-0.05, 0) is 18.3 Å². The van der Waals surface area contributed by atoms with Crippen LogP contribution in [0.5, 0.6) is 0 Å². The molecule has 2 amide bonds. The second kappa shape index (κ2) is 6.07. The van der Waals surface area contributed by atoms with Crippen LogP contribution in [0.4, 0.5) is 4.79 Å². The van der Waals surface area contributed by atoms with Crippen molar-refractivity contribution in [1.29, 1.82) is 0 Å². The van der Waals surface area contributed by atoms with Crippen molar-refractivity contribution in [3.05, 3.63) is 0 Å². The summed E-state index contributed by atoms with van der Waals surface area (Å²) in [6, 6.07) is 0.0160. The summed E-state index contributed by atoms with van der Waals surface area (Å²) in [7, 11) is 1.63.